The van der Waals surface area contributed by atoms with Gasteiger partial charge in [0.2, 0.25) is 11.8 Å². The molecule has 222 valence electrons. The van der Waals surface area contributed by atoms with Gasteiger partial charge in [-0.25, -0.2) is 15.0 Å². The van der Waals surface area contributed by atoms with Crippen LogP contribution in [0.5, 0.6) is 0 Å². The molecule has 2 atom stereocenters. The molecule has 3 fully saturated rings. The lowest BCUT2D eigenvalue weighted by Gasteiger charge is -2.16. The number of benzene rings is 1. The number of anilines is 4. The number of amides is 2. The number of thiazole rings is 1. The van der Waals surface area contributed by atoms with Crippen LogP contribution in [-0.2, 0) is 9.59 Å². The van der Waals surface area contributed by atoms with Crippen molar-refractivity contribution in [2.24, 2.45) is 11.8 Å². The third-order valence-corrected chi connectivity index (χ3v) is 8.63. The maximum atomic E-state index is 12.2. The summed E-state index contributed by atoms with van der Waals surface area (Å²) < 4.78 is 0. The number of nitrogen functional groups attached to an aromatic ring is 1. The lowest BCUT2D eigenvalue weighted by atomic mass is 10.1. The van der Waals surface area contributed by atoms with Gasteiger partial charge in [-0.2, -0.15) is 10.5 Å². The maximum Gasteiger partial charge on any atom is 0.231 e. The maximum absolute atomic E-state index is 12.2. The highest BCUT2D eigenvalue weighted by atomic mass is 32.1. The molecule has 4 N–H and O–H groups in total. The molecule has 43 heavy (non-hydrogen) atoms. The van der Waals surface area contributed by atoms with E-state index in [2.05, 4.69) is 42.9 Å². The quantitative estimate of drug-likeness (QED) is 0.280. The zero-order valence-electron chi connectivity index (χ0n) is 23.6. The molecule has 0 spiro atoms. The van der Waals surface area contributed by atoms with Crippen LogP contribution in [0.1, 0.15) is 25.7 Å². The number of rotatable bonds is 6. The predicted molar refractivity (Wildman–Crippen MR) is 163 cm³/mol. The molecule has 14 heteroatoms. The van der Waals surface area contributed by atoms with Crippen LogP contribution < -0.4 is 21.3 Å². The molecule has 3 aliphatic rings. The van der Waals surface area contributed by atoms with Crippen LogP contribution in [0.4, 0.5) is 22.5 Å². The molecular weight excluding hydrogens is 566 g/mol. The Morgan fingerprint density at radius 3 is 2.09 bits per heavy atom. The van der Waals surface area contributed by atoms with E-state index in [9.17, 15) is 9.59 Å². The second-order valence-corrected chi connectivity index (χ2v) is 11.6. The first-order valence-corrected chi connectivity index (χ1v) is 15.0. The van der Waals surface area contributed by atoms with Gasteiger partial charge in [-0.1, -0.05) is 29.5 Å². The molecule has 2 amide bonds. The van der Waals surface area contributed by atoms with E-state index >= 15 is 0 Å². The number of nitrogens with one attached hydrogen (secondary N) is 2. The van der Waals surface area contributed by atoms with Crippen molar-refractivity contribution in [1.82, 2.24) is 24.8 Å². The van der Waals surface area contributed by atoms with Gasteiger partial charge in [-0.15, -0.1) is 0 Å². The third kappa shape index (κ3) is 7.47. The first-order valence-electron chi connectivity index (χ1n) is 14.2. The van der Waals surface area contributed by atoms with Gasteiger partial charge in [0.1, 0.15) is 5.82 Å². The van der Waals surface area contributed by atoms with E-state index in [0.717, 1.165) is 29.3 Å². The topological polar surface area (TPSA) is 180 Å². The summed E-state index contributed by atoms with van der Waals surface area (Å²) in [4.78, 5) is 43.4. The summed E-state index contributed by atoms with van der Waals surface area (Å²) in [5.74, 6) is 0.856. The second kappa shape index (κ2) is 13.8. The fourth-order valence-corrected chi connectivity index (χ4v) is 6.11. The molecule has 6 rings (SSSR count). The number of nitrogens with zero attached hydrogens (tertiary/aromatic N) is 8. The number of hydrogen-bond acceptors (Lipinski definition) is 12. The molecule has 2 aromatic heterocycles. The first kappa shape index (κ1) is 29.5. The molecule has 3 aliphatic heterocycles. The summed E-state index contributed by atoms with van der Waals surface area (Å²) in [6, 6.07) is 7.56. The van der Waals surface area contributed by atoms with Crippen molar-refractivity contribution in [3.8, 4) is 22.8 Å². The van der Waals surface area contributed by atoms with Gasteiger partial charge in [0.15, 0.2) is 23.3 Å². The SMILES string of the molecule is N#CN1CCC(C(=O)Nc2ncc(-c3ccccc3N)s2)C1.N#CN1CC[C@H](C(=O)Nc2cnc(N3CCCC3)cn2)C1. The fourth-order valence-electron chi connectivity index (χ4n) is 5.24. The van der Waals surface area contributed by atoms with Gasteiger partial charge in [0, 0.05) is 56.7 Å². The van der Waals surface area contributed by atoms with Crippen LogP contribution in [0.3, 0.4) is 0 Å². The minimum Gasteiger partial charge on any atom is -0.398 e. The molecule has 1 unspecified atom stereocenters. The Balaban J connectivity index is 0.000000171. The molecule has 13 nitrogen and oxygen atoms in total. The van der Waals surface area contributed by atoms with Crippen molar-refractivity contribution < 1.29 is 9.59 Å². The molecule has 0 aliphatic carbocycles. The lowest BCUT2D eigenvalue weighted by Crippen LogP contribution is -2.26. The summed E-state index contributed by atoms with van der Waals surface area (Å²) >= 11 is 1.39. The summed E-state index contributed by atoms with van der Waals surface area (Å²) in [5, 5.41) is 23.8. The van der Waals surface area contributed by atoms with Gasteiger partial charge in [-0.3, -0.25) is 9.59 Å². The lowest BCUT2D eigenvalue weighted by molar-refractivity contribution is -0.120. The Morgan fingerprint density at radius 1 is 0.860 bits per heavy atom. The van der Waals surface area contributed by atoms with Crippen molar-refractivity contribution in [3.63, 3.8) is 0 Å². The van der Waals surface area contributed by atoms with Gasteiger partial charge in [0.05, 0.1) is 29.1 Å². The zero-order valence-corrected chi connectivity index (χ0v) is 24.5. The smallest absolute Gasteiger partial charge is 0.231 e. The molecule has 0 saturated carbocycles. The molecule has 3 saturated heterocycles. The average molecular weight is 600 g/mol. The Labute approximate surface area is 253 Å². The van der Waals surface area contributed by atoms with Crippen LogP contribution in [0.2, 0.25) is 0 Å². The largest absolute Gasteiger partial charge is 0.398 e. The minimum absolute atomic E-state index is 0.0836. The first-order chi connectivity index (χ1) is 20.9. The van der Waals surface area contributed by atoms with Crippen LogP contribution in [0.15, 0.2) is 42.9 Å². The highest BCUT2D eigenvalue weighted by Gasteiger charge is 2.29. The van der Waals surface area contributed by atoms with E-state index in [1.807, 2.05) is 24.3 Å². The standard InChI is InChI=1S/C15H15N5OS.C14H18N6O/c16-9-20-6-5-10(8-20)14(21)19-15-18-7-13(22-15)11-3-1-2-4-12(11)17;15-10-19-6-3-11(9-19)14(21)18-12-7-17-13(8-16-12)20-4-1-2-5-20/h1-4,7,10H,5-6,8,17H2,(H,18,19,21);7-8,11H,1-6,9H2,(H,16,18,21)/t;11-/m.0/s1. The second-order valence-electron chi connectivity index (χ2n) is 10.6. The molecule has 5 heterocycles. The molecule has 0 bridgehead atoms. The Kier molecular flexibility index (Phi) is 9.49. The summed E-state index contributed by atoms with van der Waals surface area (Å²) in [6.07, 6.45) is 12.9. The number of carbonyl (C=O) groups is 2. The number of carbonyl (C=O) groups excluding carboxylic acids is 2. The van der Waals surface area contributed by atoms with E-state index in [1.54, 1.807) is 28.4 Å². The van der Waals surface area contributed by atoms with Gasteiger partial charge < -0.3 is 31.1 Å². The minimum atomic E-state index is -0.159. The van der Waals surface area contributed by atoms with E-state index in [4.69, 9.17) is 16.3 Å². The number of aromatic nitrogens is 3. The number of para-hydroxylation sites is 1. The predicted octanol–water partition coefficient (Wildman–Crippen LogP) is 2.95. The van der Waals surface area contributed by atoms with Gasteiger partial charge in [0.25, 0.3) is 0 Å². The summed E-state index contributed by atoms with van der Waals surface area (Å²) in [6.45, 7) is 4.29. The van der Waals surface area contributed by atoms with Crippen molar-refractivity contribution in [2.75, 3.05) is 60.5 Å². The molecule has 1 aromatic carbocycles. The summed E-state index contributed by atoms with van der Waals surface area (Å²) in [5.41, 5.74) is 7.55. The van der Waals surface area contributed by atoms with Crippen LogP contribution in [-0.4, -0.2) is 75.8 Å². The van der Waals surface area contributed by atoms with Gasteiger partial charge >= 0.3 is 0 Å². The number of nitrogens with two attached hydrogens (primary N) is 1. The van der Waals surface area contributed by atoms with Crippen molar-refractivity contribution in [2.45, 2.75) is 25.7 Å². The molecular formula is C29H33N11O2S. The number of nitriles is 2. The van der Waals surface area contributed by atoms with E-state index in [1.165, 1.54) is 24.2 Å². The molecule has 3 aromatic rings. The fraction of sp³-hybridized carbons (Fsp3) is 0.414. The van der Waals surface area contributed by atoms with E-state index in [-0.39, 0.29) is 23.7 Å². The molecule has 0 radical (unpaired) electrons. The van der Waals surface area contributed by atoms with Gasteiger partial charge in [-0.05, 0) is 31.7 Å². The Morgan fingerprint density at radius 2 is 1.51 bits per heavy atom. The van der Waals surface area contributed by atoms with Crippen molar-refractivity contribution in [3.05, 3.63) is 42.9 Å². The van der Waals surface area contributed by atoms with Crippen molar-refractivity contribution in [1.29, 1.82) is 10.5 Å². The van der Waals surface area contributed by atoms with Crippen LogP contribution in [0, 0.1) is 34.7 Å². The highest BCUT2D eigenvalue weighted by molar-refractivity contribution is 7.19. The van der Waals surface area contributed by atoms with Crippen LogP contribution in [0.25, 0.3) is 10.4 Å². The average Bonchev–Trinajstić information content (AvgIpc) is 3.86. The number of likely N-dealkylation sites (tertiary alicyclic amines) is 2. The van der Waals surface area contributed by atoms with Crippen molar-refractivity contribution >= 4 is 45.6 Å². The normalized spacial score (nSPS) is 19.3. The Bertz CT molecular complexity index is 1510. The van der Waals surface area contributed by atoms with E-state index < -0.39 is 0 Å². The summed E-state index contributed by atoms with van der Waals surface area (Å²) in [7, 11) is 0. The third-order valence-electron chi connectivity index (χ3n) is 7.68. The number of hydrogen-bond donors (Lipinski definition) is 3. The van der Waals surface area contributed by atoms with Crippen LogP contribution >= 0.6 is 11.3 Å². The highest BCUT2D eigenvalue weighted by Crippen LogP contribution is 2.33. The monoisotopic (exact) mass is 599 g/mol. The Hall–Kier alpha value is -4.95. The zero-order chi connectivity index (χ0) is 30.2. The van der Waals surface area contributed by atoms with E-state index in [0.29, 0.717) is 55.7 Å².